The third kappa shape index (κ3) is 17.9. The molecule has 6 heteroatoms. The summed E-state index contributed by atoms with van der Waals surface area (Å²) in [6, 6.07) is 5.21. The molecule has 0 saturated carbocycles. The summed E-state index contributed by atoms with van der Waals surface area (Å²) >= 11 is 0. The maximum atomic E-state index is 11.1. The van der Waals surface area contributed by atoms with Gasteiger partial charge >= 0.3 is 6.16 Å². The Morgan fingerprint density at radius 2 is 1.45 bits per heavy atom. The summed E-state index contributed by atoms with van der Waals surface area (Å²) in [7, 11) is 0. The molecule has 0 fully saturated rings. The number of allylic oxidation sites excluding steroid dienone is 4. The first-order valence-electron chi connectivity index (χ1n) is 11.4. The zero-order chi connectivity index (χ0) is 23.2. The normalized spacial score (nSPS) is 10.7. The van der Waals surface area contributed by atoms with Gasteiger partial charge in [-0.2, -0.15) is 0 Å². The molecule has 0 amide bonds. The monoisotopic (exact) mass is 433 g/mol. The van der Waals surface area contributed by atoms with Gasteiger partial charge in [0.05, 0.1) is 11.5 Å². The summed E-state index contributed by atoms with van der Waals surface area (Å²) in [6.07, 6.45) is 20.4. The van der Waals surface area contributed by atoms with Gasteiger partial charge in [0.25, 0.3) is 5.69 Å². The number of nitro groups is 1. The largest absolute Gasteiger partial charge is 0.513 e. The number of unbranched alkanes of at least 4 members (excludes halogenated alkanes) is 6. The highest BCUT2D eigenvalue weighted by Crippen LogP contribution is 2.17. The summed E-state index contributed by atoms with van der Waals surface area (Å²) in [5.74, 6) is 0.220. The van der Waals surface area contributed by atoms with Crippen LogP contribution in [0.4, 0.5) is 10.5 Å². The summed E-state index contributed by atoms with van der Waals surface area (Å²) in [5.41, 5.74) is -0.0586. The van der Waals surface area contributed by atoms with Gasteiger partial charge in [0.2, 0.25) is 0 Å². The zero-order valence-corrected chi connectivity index (χ0v) is 19.4. The number of hydrogen-bond donors (Lipinski definition) is 0. The highest BCUT2D eigenvalue weighted by molar-refractivity contribution is 5.63. The van der Waals surface area contributed by atoms with E-state index >= 15 is 0 Å². The van der Waals surface area contributed by atoms with E-state index in [-0.39, 0.29) is 11.4 Å². The van der Waals surface area contributed by atoms with Gasteiger partial charge in [-0.05, 0) is 44.2 Å². The van der Waals surface area contributed by atoms with Crippen molar-refractivity contribution in [3.63, 3.8) is 0 Å². The average molecular weight is 434 g/mol. The Labute approximate surface area is 187 Å². The van der Waals surface area contributed by atoms with Crippen LogP contribution in [0.2, 0.25) is 0 Å². The highest BCUT2D eigenvalue weighted by Gasteiger charge is 2.08. The van der Waals surface area contributed by atoms with E-state index in [4.69, 9.17) is 9.47 Å². The smallest absolute Gasteiger partial charge is 0.434 e. The molecular formula is C25H39NO5. The maximum Gasteiger partial charge on any atom is 0.513 e. The SMILES string of the molecule is CCCC/C=C\C/C=C\CCCCC.CCCCOC(=O)Oc1ccc([N+](=O)[O-])cc1. The minimum atomic E-state index is -0.799. The van der Waals surface area contributed by atoms with Gasteiger partial charge in [-0.25, -0.2) is 4.79 Å². The molecule has 0 heterocycles. The molecule has 1 aromatic carbocycles. The molecule has 0 aromatic heterocycles. The van der Waals surface area contributed by atoms with Crippen molar-refractivity contribution in [2.24, 2.45) is 0 Å². The van der Waals surface area contributed by atoms with Crippen LogP contribution in [-0.2, 0) is 4.74 Å². The van der Waals surface area contributed by atoms with Gasteiger partial charge in [-0.1, -0.05) is 77.2 Å². The van der Waals surface area contributed by atoms with Crippen LogP contribution < -0.4 is 4.74 Å². The summed E-state index contributed by atoms with van der Waals surface area (Å²) < 4.78 is 9.58. The van der Waals surface area contributed by atoms with Gasteiger partial charge in [0.1, 0.15) is 5.75 Å². The van der Waals surface area contributed by atoms with Crippen LogP contribution in [0.3, 0.4) is 0 Å². The van der Waals surface area contributed by atoms with Gasteiger partial charge < -0.3 is 9.47 Å². The lowest BCUT2D eigenvalue weighted by molar-refractivity contribution is -0.384. The van der Waals surface area contributed by atoms with Crippen molar-refractivity contribution in [3.8, 4) is 5.75 Å². The fourth-order valence-electron chi connectivity index (χ4n) is 2.40. The van der Waals surface area contributed by atoms with E-state index in [1.54, 1.807) is 0 Å². The number of hydrogen-bond acceptors (Lipinski definition) is 5. The Kier molecular flexibility index (Phi) is 18.9. The maximum absolute atomic E-state index is 11.1. The molecule has 0 aliphatic heterocycles. The predicted molar refractivity (Wildman–Crippen MR) is 127 cm³/mol. The second-order valence-corrected chi connectivity index (χ2v) is 7.12. The van der Waals surface area contributed by atoms with Crippen molar-refractivity contribution in [3.05, 3.63) is 58.7 Å². The fourth-order valence-corrected chi connectivity index (χ4v) is 2.40. The van der Waals surface area contributed by atoms with Gasteiger partial charge in [0.15, 0.2) is 0 Å². The van der Waals surface area contributed by atoms with E-state index in [1.807, 2.05) is 6.92 Å². The molecule has 0 bridgehead atoms. The molecule has 174 valence electrons. The number of benzene rings is 1. The molecule has 0 spiro atoms. The molecule has 0 aliphatic carbocycles. The Morgan fingerprint density at radius 3 is 2.00 bits per heavy atom. The van der Waals surface area contributed by atoms with Gasteiger partial charge in [0, 0.05) is 12.1 Å². The molecule has 1 aromatic rings. The molecule has 0 unspecified atom stereocenters. The molecule has 0 atom stereocenters. The zero-order valence-electron chi connectivity index (χ0n) is 19.4. The first-order valence-corrected chi connectivity index (χ1v) is 11.4. The van der Waals surface area contributed by atoms with Crippen molar-refractivity contribution >= 4 is 11.8 Å². The van der Waals surface area contributed by atoms with E-state index in [9.17, 15) is 14.9 Å². The third-order valence-electron chi connectivity index (χ3n) is 4.27. The lowest BCUT2D eigenvalue weighted by Gasteiger charge is -2.04. The first-order chi connectivity index (χ1) is 15.0. The topological polar surface area (TPSA) is 78.7 Å². The van der Waals surface area contributed by atoms with Crippen LogP contribution in [0.15, 0.2) is 48.6 Å². The lowest BCUT2D eigenvalue weighted by atomic mass is 10.2. The minimum Gasteiger partial charge on any atom is -0.434 e. The Bertz CT molecular complexity index is 638. The number of carbonyl (C=O) groups is 1. The molecule has 0 saturated heterocycles. The van der Waals surface area contributed by atoms with Crippen LogP contribution in [-0.4, -0.2) is 17.7 Å². The van der Waals surface area contributed by atoms with Crippen molar-refractivity contribution in [2.45, 2.75) is 85.0 Å². The van der Waals surface area contributed by atoms with Gasteiger partial charge in [-0.15, -0.1) is 0 Å². The lowest BCUT2D eigenvalue weighted by Crippen LogP contribution is -2.11. The number of rotatable bonds is 14. The quantitative estimate of drug-likeness (QED) is 0.0738. The van der Waals surface area contributed by atoms with E-state index in [1.165, 1.54) is 69.2 Å². The standard InChI is InChI=1S/C14H26.C11H13NO5/c1-3-5-7-9-11-13-14-12-10-8-6-4-2;1-2-3-8-16-11(13)17-10-6-4-9(5-7-10)12(14)15/h9,11-12,14H,3-8,10,13H2,1-2H3;4-7H,2-3,8H2,1H3/b11-9-,14-12-;. The fraction of sp³-hybridized carbons (Fsp3) is 0.560. The Hall–Kier alpha value is -2.63. The van der Waals surface area contributed by atoms with Crippen LogP contribution in [0.5, 0.6) is 5.75 Å². The Balaban J connectivity index is 0.000000594. The molecule has 0 aliphatic rings. The second kappa shape index (κ2) is 20.6. The predicted octanol–water partition coefficient (Wildman–Crippen LogP) is 8.17. The molecule has 0 radical (unpaired) electrons. The van der Waals surface area contributed by atoms with Crippen LogP contribution in [0.25, 0.3) is 0 Å². The number of nitro benzene ring substituents is 1. The first kappa shape index (κ1) is 28.4. The minimum absolute atomic E-state index is 0.0586. The second-order valence-electron chi connectivity index (χ2n) is 7.12. The molecule has 31 heavy (non-hydrogen) atoms. The summed E-state index contributed by atoms with van der Waals surface area (Å²) in [6.45, 7) is 6.77. The van der Waals surface area contributed by atoms with Crippen molar-refractivity contribution in [2.75, 3.05) is 6.61 Å². The van der Waals surface area contributed by atoms with Gasteiger partial charge in [-0.3, -0.25) is 10.1 Å². The van der Waals surface area contributed by atoms with Crippen molar-refractivity contribution < 1.29 is 19.2 Å². The number of nitrogens with zero attached hydrogens (tertiary/aromatic N) is 1. The average Bonchev–Trinajstić information content (AvgIpc) is 2.76. The molecule has 0 N–H and O–H groups in total. The summed E-state index contributed by atoms with van der Waals surface area (Å²) in [5, 5.41) is 10.4. The van der Waals surface area contributed by atoms with Crippen LogP contribution in [0.1, 0.15) is 85.0 Å². The van der Waals surface area contributed by atoms with E-state index in [0.29, 0.717) is 6.61 Å². The summed E-state index contributed by atoms with van der Waals surface area (Å²) in [4.78, 5) is 21.0. The van der Waals surface area contributed by atoms with Crippen LogP contribution >= 0.6 is 0 Å². The van der Waals surface area contributed by atoms with E-state index in [0.717, 1.165) is 19.3 Å². The number of non-ortho nitro benzene ring substituents is 1. The molecule has 6 nitrogen and oxygen atoms in total. The van der Waals surface area contributed by atoms with Crippen molar-refractivity contribution in [1.82, 2.24) is 0 Å². The molecule has 1 rings (SSSR count). The highest BCUT2D eigenvalue weighted by atomic mass is 16.7. The Morgan fingerprint density at radius 1 is 0.871 bits per heavy atom. The third-order valence-corrected chi connectivity index (χ3v) is 4.27. The van der Waals surface area contributed by atoms with E-state index in [2.05, 4.69) is 38.2 Å². The molecular weight excluding hydrogens is 394 g/mol. The number of ether oxygens (including phenoxy) is 2. The van der Waals surface area contributed by atoms with Crippen molar-refractivity contribution in [1.29, 1.82) is 0 Å². The van der Waals surface area contributed by atoms with Crippen LogP contribution in [0, 0.1) is 10.1 Å². The van der Waals surface area contributed by atoms with E-state index < -0.39 is 11.1 Å². The number of carbonyl (C=O) groups excluding carboxylic acids is 1.